The van der Waals surface area contributed by atoms with Crippen LogP contribution in [0.15, 0.2) is 70.5 Å². The van der Waals surface area contributed by atoms with Crippen molar-refractivity contribution in [2.45, 2.75) is 0 Å². The molecule has 2 heterocycles. The third-order valence-electron chi connectivity index (χ3n) is 3.18. The lowest BCUT2D eigenvalue weighted by atomic mass is 10.2. The molecule has 9 nitrogen and oxygen atoms in total. The van der Waals surface area contributed by atoms with Gasteiger partial charge in [0.2, 0.25) is 6.08 Å². The Morgan fingerprint density at radius 2 is 1.54 bits per heavy atom. The Bertz CT molecular complexity index is 1180. The summed E-state index contributed by atoms with van der Waals surface area (Å²) >= 11 is 0. The van der Waals surface area contributed by atoms with Crippen LogP contribution in [-0.4, -0.2) is 31.0 Å². The maximum Gasteiger partial charge on any atom is 0.380 e. The van der Waals surface area contributed by atoms with E-state index in [1.165, 1.54) is 6.20 Å². The summed E-state index contributed by atoms with van der Waals surface area (Å²) in [4.78, 5) is 39.6. The van der Waals surface area contributed by atoms with Crippen LogP contribution in [0.2, 0.25) is 0 Å². The SMILES string of the molecule is N=C=O.O=c1ncc2ccccc2[nH]1.O=c1ncc2ccccc2n1O. The second-order valence-corrected chi connectivity index (χ2v) is 4.79. The van der Waals surface area contributed by atoms with Gasteiger partial charge in [-0.2, -0.15) is 4.98 Å². The third-order valence-corrected chi connectivity index (χ3v) is 3.18. The van der Waals surface area contributed by atoms with Crippen molar-refractivity contribution in [3.8, 4) is 0 Å². The quantitative estimate of drug-likeness (QED) is 0.249. The molecule has 0 aliphatic heterocycles. The highest BCUT2D eigenvalue weighted by Crippen LogP contribution is 2.07. The van der Waals surface area contributed by atoms with Gasteiger partial charge in [0.25, 0.3) is 0 Å². The number of hydrogen-bond acceptors (Lipinski definition) is 7. The first-order valence-electron chi connectivity index (χ1n) is 7.21. The van der Waals surface area contributed by atoms with Crippen LogP contribution >= 0.6 is 0 Å². The summed E-state index contributed by atoms with van der Waals surface area (Å²) < 4.78 is 0.537. The first-order valence-corrected chi connectivity index (χ1v) is 7.21. The second-order valence-electron chi connectivity index (χ2n) is 4.79. The molecule has 4 rings (SSSR count). The fourth-order valence-corrected chi connectivity index (χ4v) is 2.07. The Balaban J connectivity index is 0.000000163. The van der Waals surface area contributed by atoms with Crippen molar-refractivity contribution in [2.75, 3.05) is 0 Å². The zero-order chi connectivity index (χ0) is 18.9. The Hall–Kier alpha value is -4.10. The number of benzene rings is 2. The van der Waals surface area contributed by atoms with Crippen LogP contribution in [0.3, 0.4) is 0 Å². The minimum Gasteiger partial charge on any atom is -0.424 e. The van der Waals surface area contributed by atoms with Gasteiger partial charge in [-0.3, -0.25) is 0 Å². The molecule has 0 aliphatic rings. The zero-order valence-corrected chi connectivity index (χ0v) is 13.3. The van der Waals surface area contributed by atoms with Crippen molar-refractivity contribution in [2.24, 2.45) is 0 Å². The molecule has 0 saturated carbocycles. The number of fused-ring (bicyclic) bond motifs is 2. The lowest BCUT2D eigenvalue weighted by Crippen LogP contribution is -2.20. The number of para-hydroxylation sites is 2. The number of rotatable bonds is 0. The molecule has 9 heteroatoms. The molecule has 4 aromatic rings. The van der Waals surface area contributed by atoms with Gasteiger partial charge in [-0.15, -0.1) is 4.73 Å². The fourth-order valence-electron chi connectivity index (χ4n) is 2.07. The van der Waals surface area contributed by atoms with Crippen molar-refractivity contribution < 1.29 is 10.0 Å². The molecule has 26 heavy (non-hydrogen) atoms. The molecule has 3 N–H and O–H groups in total. The largest absolute Gasteiger partial charge is 0.424 e. The Labute approximate surface area is 145 Å². The number of nitrogens with zero attached hydrogens (tertiary/aromatic N) is 3. The molecule has 0 bridgehead atoms. The van der Waals surface area contributed by atoms with Crippen LogP contribution in [0.25, 0.3) is 21.8 Å². The lowest BCUT2D eigenvalue weighted by molar-refractivity contribution is 0.184. The number of H-pyrrole nitrogens is 1. The average molecular weight is 351 g/mol. The highest BCUT2D eigenvalue weighted by molar-refractivity contribution is 5.77. The van der Waals surface area contributed by atoms with Crippen LogP contribution < -0.4 is 11.4 Å². The van der Waals surface area contributed by atoms with Crippen LogP contribution in [0.1, 0.15) is 0 Å². The van der Waals surface area contributed by atoms with Gasteiger partial charge in [0.05, 0.1) is 11.0 Å². The number of carbonyl (C=O) groups excluding carboxylic acids is 1. The average Bonchev–Trinajstić information content (AvgIpc) is 2.66. The molecule has 0 aliphatic carbocycles. The van der Waals surface area contributed by atoms with Crippen molar-refractivity contribution in [3.63, 3.8) is 0 Å². The zero-order valence-electron chi connectivity index (χ0n) is 13.3. The van der Waals surface area contributed by atoms with Crippen molar-refractivity contribution in [1.82, 2.24) is 19.7 Å². The second kappa shape index (κ2) is 8.67. The van der Waals surface area contributed by atoms with E-state index in [2.05, 4.69) is 15.0 Å². The van der Waals surface area contributed by atoms with Gasteiger partial charge in [0, 0.05) is 23.2 Å². The number of hydrogen-bond donors (Lipinski definition) is 3. The van der Waals surface area contributed by atoms with E-state index in [9.17, 15) is 14.8 Å². The van der Waals surface area contributed by atoms with Crippen LogP contribution in [0.4, 0.5) is 0 Å². The van der Waals surface area contributed by atoms with Gasteiger partial charge in [-0.1, -0.05) is 36.4 Å². The number of aromatic amines is 1. The Kier molecular flexibility index (Phi) is 6.08. The molecular weight excluding hydrogens is 338 g/mol. The van der Waals surface area contributed by atoms with E-state index in [0.717, 1.165) is 22.4 Å². The molecule has 0 saturated heterocycles. The van der Waals surface area contributed by atoms with Gasteiger partial charge in [-0.05, 0) is 12.1 Å². The molecule has 0 unspecified atom stereocenters. The van der Waals surface area contributed by atoms with Gasteiger partial charge < -0.3 is 10.2 Å². The smallest absolute Gasteiger partial charge is 0.380 e. The van der Waals surface area contributed by atoms with Crippen LogP contribution in [0, 0.1) is 5.41 Å². The summed E-state index contributed by atoms with van der Waals surface area (Å²) in [5.74, 6) is 0. The van der Waals surface area contributed by atoms with E-state index in [-0.39, 0.29) is 5.69 Å². The number of nitrogens with one attached hydrogen (secondary N) is 2. The summed E-state index contributed by atoms with van der Waals surface area (Å²) in [6, 6.07) is 14.5. The molecule has 0 spiro atoms. The van der Waals surface area contributed by atoms with Crippen molar-refractivity contribution in [3.05, 3.63) is 81.9 Å². The topological polar surface area (TPSA) is 142 Å². The molecular formula is C17H13N5O4. The normalized spacial score (nSPS) is 9.38. The summed E-state index contributed by atoms with van der Waals surface area (Å²) in [5, 5.41) is 16.3. The minimum absolute atomic E-state index is 0.302. The lowest BCUT2D eigenvalue weighted by Gasteiger charge is -1.99. The molecule has 2 aromatic heterocycles. The third kappa shape index (κ3) is 4.47. The predicted octanol–water partition coefficient (Wildman–Crippen LogP) is 1.46. The molecule has 0 amide bonds. The summed E-state index contributed by atoms with van der Waals surface area (Å²) in [5.41, 5.74) is 0.336. The maximum atomic E-state index is 10.8. The first kappa shape index (κ1) is 18.2. The fraction of sp³-hybridized carbons (Fsp3) is 0. The standard InChI is InChI=1S/C8H6N2O2.C8H6N2O.CHNO/c11-8-9-5-6-3-1-2-4-7(6)10(8)12;11-8-9-5-6-3-1-2-4-7(6)10-8;2-1-3/h1-5,12H;1-5H,(H,9,10,11);2H. The number of aromatic nitrogens is 4. The maximum absolute atomic E-state index is 10.8. The number of isocyanates is 1. The molecule has 0 fully saturated rings. The van der Waals surface area contributed by atoms with Gasteiger partial charge in [0.15, 0.2) is 0 Å². The molecule has 2 aromatic carbocycles. The van der Waals surface area contributed by atoms with E-state index < -0.39 is 5.69 Å². The first-order chi connectivity index (χ1) is 12.6. The molecule has 0 atom stereocenters. The highest BCUT2D eigenvalue weighted by Gasteiger charge is 1.99. The van der Waals surface area contributed by atoms with E-state index in [0.29, 0.717) is 10.2 Å². The van der Waals surface area contributed by atoms with E-state index in [1.807, 2.05) is 30.3 Å². The summed E-state index contributed by atoms with van der Waals surface area (Å²) in [6.07, 6.45) is 3.75. The van der Waals surface area contributed by atoms with Gasteiger partial charge in [0.1, 0.15) is 0 Å². The van der Waals surface area contributed by atoms with Gasteiger partial charge >= 0.3 is 11.4 Å². The van der Waals surface area contributed by atoms with E-state index in [1.54, 1.807) is 24.4 Å². The molecule has 0 radical (unpaired) electrons. The predicted molar refractivity (Wildman–Crippen MR) is 94.0 cm³/mol. The minimum atomic E-state index is -0.659. The highest BCUT2D eigenvalue weighted by atomic mass is 16.5. The monoisotopic (exact) mass is 351 g/mol. The van der Waals surface area contributed by atoms with Crippen LogP contribution in [0.5, 0.6) is 0 Å². The summed E-state index contributed by atoms with van der Waals surface area (Å²) in [6.45, 7) is 0. The Morgan fingerprint density at radius 3 is 2.27 bits per heavy atom. The summed E-state index contributed by atoms with van der Waals surface area (Å²) in [7, 11) is 0. The van der Waals surface area contributed by atoms with E-state index >= 15 is 0 Å². The van der Waals surface area contributed by atoms with Crippen molar-refractivity contribution >= 4 is 27.9 Å². The Morgan fingerprint density at radius 1 is 0.962 bits per heavy atom. The van der Waals surface area contributed by atoms with Crippen LogP contribution in [-0.2, 0) is 4.79 Å². The van der Waals surface area contributed by atoms with Crippen molar-refractivity contribution in [1.29, 1.82) is 5.41 Å². The molecule has 130 valence electrons. The van der Waals surface area contributed by atoms with E-state index in [4.69, 9.17) is 10.2 Å². The van der Waals surface area contributed by atoms with Gasteiger partial charge in [-0.25, -0.2) is 24.8 Å².